The number of hydrogen-bond acceptors (Lipinski definition) is 11. The molecule has 45 heavy (non-hydrogen) atoms. The molecule has 2 N–H and O–H groups in total. The number of benzene rings is 2. The van der Waals surface area contributed by atoms with Crippen LogP contribution in [0.1, 0.15) is 18.2 Å². The summed E-state index contributed by atoms with van der Waals surface area (Å²) in [4.78, 5) is 28.9. The molecule has 1 aliphatic heterocycles. The minimum atomic E-state index is -3.76. The fourth-order valence-corrected chi connectivity index (χ4v) is 8.35. The Morgan fingerprint density at radius 2 is 1.91 bits per heavy atom. The van der Waals surface area contributed by atoms with Crippen molar-refractivity contribution in [1.82, 2.24) is 29.1 Å². The van der Waals surface area contributed by atoms with Gasteiger partial charge in [-0.05, 0) is 51.7 Å². The molecule has 15 heteroatoms. The third-order valence-electron chi connectivity index (χ3n) is 7.48. The first-order chi connectivity index (χ1) is 21.5. The molecule has 1 aliphatic rings. The van der Waals surface area contributed by atoms with Crippen molar-refractivity contribution in [1.29, 1.82) is 0 Å². The van der Waals surface area contributed by atoms with Gasteiger partial charge in [0.2, 0.25) is 0 Å². The number of carbonyl (C=O) groups excluding carboxylic acids is 1. The topological polar surface area (TPSA) is 133 Å². The number of hydrogen-bond donors (Lipinski definition) is 2. The number of nitrogens with one attached hydrogen (secondary N) is 2. The summed E-state index contributed by atoms with van der Waals surface area (Å²) in [5, 5.41) is 6.98. The van der Waals surface area contributed by atoms with Crippen molar-refractivity contribution in [3.8, 4) is 11.1 Å². The van der Waals surface area contributed by atoms with Gasteiger partial charge in [0.1, 0.15) is 18.0 Å². The zero-order chi connectivity index (χ0) is 32.3. The van der Waals surface area contributed by atoms with Crippen LogP contribution in [0.25, 0.3) is 22.0 Å². The Morgan fingerprint density at radius 1 is 1.16 bits per heavy atom. The third kappa shape index (κ3) is 7.39. The predicted molar refractivity (Wildman–Crippen MR) is 173 cm³/mol. The smallest absolute Gasteiger partial charge is 0.413 e. The van der Waals surface area contributed by atoms with Crippen molar-refractivity contribution in [3.05, 3.63) is 59.8 Å². The molecule has 0 radical (unpaired) electrons. The molecule has 0 bridgehead atoms. The maximum Gasteiger partial charge on any atom is 0.413 e. The van der Waals surface area contributed by atoms with E-state index in [-0.39, 0.29) is 21.2 Å². The maximum absolute atomic E-state index is 14.5. The predicted octanol–water partition coefficient (Wildman–Crippen LogP) is 4.25. The fraction of sp³-hybridized carbons (Fsp3) is 0.400. The summed E-state index contributed by atoms with van der Waals surface area (Å²) in [6.45, 7) is 6.62. The molecule has 1 atom stereocenters. The first kappa shape index (κ1) is 32.6. The summed E-state index contributed by atoms with van der Waals surface area (Å²) in [6, 6.07) is 11.0. The van der Waals surface area contributed by atoms with Crippen LogP contribution in [0, 0.1) is 12.7 Å². The lowest BCUT2D eigenvalue weighted by Gasteiger charge is -2.35. The van der Waals surface area contributed by atoms with E-state index in [1.54, 1.807) is 13.0 Å². The number of piperazine rings is 1. The van der Waals surface area contributed by atoms with Crippen LogP contribution < -0.4 is 10.6 Å². The van der Waals surface area contributed by atoms with E-state index in [9.17, 15) is 17.6 Å². The SMILES string of the molecule is COC(=O)Nc1nc(C)c(S(=O)(=O)N2CCN(C[C@H](C)Nc3ncnc4c(-c5ccc(F)c(CN(C)C)c5)cccc34)CC2)s1. The highest BCUT2D eigenvalue weighted by molar-refractivity contribution is 7.91. The quantitative estimate of drug-likeness (QED) is 0.255. The normalized spacial score (nSPS) is 15.4. The Balaban J connectivity index is 1.24. The van der Waals surface area contributed by atoms with Crippen LogP contribution in [0.5, 0.6) is 0 Å². The van der Waals surface area contributed by atoms with E-state index < -0.39 is 16.1 Å². The van der Waals surface area contributed by atoms with Crippen molar-refractivity contribution < 1.29 is 22.3 Å². The van der Waals surface area contributed by atoms with Crippen molar-refractivity contribution in [3.63, 3.8) is 0 Å². The Kier molecular flexibility index (Phi) is 9.94. The molecule has 2 aromatic heterocycles. The minimum absolute atomic E-state index is 0.00289. The fourth-order valence-electron chi connectivity index (χ4n) is 5.39. The third-order valence-corrected chi connectivity index (χ3v) is 11.0. The highest BCUT2D eigenvalue weighted by Gasteiger charge is 2.32. The average molecular weight is 657 g/mol. The van der Waals surface area contributed by atoms with Gasteiger partial charge < -0.3 is 15.0 Å². The average Bonchev–Trinajstić information content (AvgIpc) is 3.38. The lowest BCUT2D eigenvalue weighted by Crippen LogP contribution is -2.50. The van der Waals surface area contributed by atoms with E-state index in [0.29, 0.717) is 56.3 Å². The number of rotatable bonds is 10. The first-order valence-electron chi connectivity index (χ1n) is 14.4. The van der Waals surface area contributed by atoms with Gasteiger partial charge in [0.25, 0.3) is 10.0 Å². The van der Waals surface area contributed by atoms with Crippen LogP contribution in [0.15, 0.2) is 46.9 Å². The number of amides is 1. The molecular formula is C30H37FN8O4S2. The zero-order valence-electron chi connectivity index (χ0n) is 25.9. The number of aromatic nitrogens is 3. The maximum atomic E-state index is 14.5. The molecule has 1 amide bonds. The summed E-state index contributed by atoms with van der Waals surface area (Å²) in [5.41, 5.74) is 3.50. The second kappa shape index (κ2) is 13.7. The summed E-state index contributed by atoms with van der Waals surface area (Å²) >= 11 is 0.913. The number of sulfonamides is 1. The van der Waals surface area contributed by atoms with Crippen LogP contribution in [0.4, 0.5) is 20.1 Å². The van der Waals surface area contributed by atoms with E-state index in [2.05, 4.69) is 42.1 Å². The van der Waals surface area contributed by atoms with Gasteiger partial charge in [-0.1, -0.05) is 29.5 Å². The number of aryl methyl sites for hydroxylation is 1. The van der Waals surface area contributed by atoms with Crippen molar-refractivity contribution in [2.24, 2.45) is 0 Å². The number of ether oxygens (including phenoxy) is 1. The Morgan fingerprint density at radius 3 is 2.62 bits per heavy atom. The van der Waals surface area contributed by atoms with Gasteiger partial charge in [-0.3, -0.25) is 10.2 Å². The Hall–Kier alpha value is -3.76. The number of para-hydroxylation sites is 1. The van der Waals surface area contributed by atoms with Crippen LogP contribution in [-0.4, -0.2) is 104 Å². The van der Waals surface area contributed by atoms with E-state index in [1.165, 1.54) is 23.8 Å². The van der Waals surface area contributed by atoms with Crippen molar-refractivity contribution in [2.45, 2.75) is 30.6 Å². The largest absolute Gasteiger partial charge is 0.453 e. The first-order valence-corrected chi connectivity index (χ1v) is 16.7. The molecule has 0 aliphatic carbocycles. The molecule has 5 rings (SSSR count). The minimum Gasteiger partial charge on any atom is -0.453 e. The molecule has 4 aromatic rings. The van der Waals surface area contributed by atoms with Gasteiger partial charge in [-0.25, -0.2) is 32.6 Å². The van der Waals surface area contributed by atoms with Crippen molar-refractivity contribution >= 4 is 49.3 Å². The number of halogens is 1. The number of carbonyl (C=O) groups is 1. The van der Waals surface area contributed by atoms with Crippen LogP contribution in [0.3, 0.4) is 0 Å². The molecule has 12 nitrogen and oxygen atoms in total. The molecule has 1 fully saturated rings. The Labute approximate surface area is 266 Å². The van der Waals surface area contributed by atoms with Gasteiger partial charge in [-0.15, -0.1) is 0 Å². The van der Waals surface area contributed by atoms with Gasteiger partial charge in [-0.2, -0.15) is 4.31 Å². The number of fused-ring (bicyclic) bond motifs is 1. The summed E-state index contributed by atoms with van der Waals surface area (Å²) in [6.07, 6.45) is 0.823. The molecule has 0 spiro atoms. The second-order valence-electron chi connectivity index (χ2n) is 11.2. The van der Waals surface area contributed by atoms with E-state index in [4.69, 9.17) is 0 Å². The highest BCUT2D eigenvalue weighted by Crippen LogP contribution is 2.32. The van der Waals surface area contributed by atoms with Gasteiger partial charge in [0.15, 0.2) is 9.34 Å². The van der Waals surface area contributed by atoms with Crippen LogP contribution >= 0.6 is 11.3 Å². The zero-order valence-corrected chi connectivity index (χ0v) is 27.5. The van der Waals surface area contributed by atoms with Gasteiger partial charge >= 0.3 is 6.09 Å². The number of nitrogens with zero attached hydrogens (tertiary/aromatic N) is 6. The summed E-state index contributed by atoms with van der Waals surface area (Å²) < 4.78 is 47.4. The second-order valence-corrected chi connectivity index (χ2v) is 14.4. The van der Waals surface area contributed by atoms with Crippen LogP contribution in [-0.2, 0) is 21.3 Å². The molecule has 1 saturated heterocycles. The summed E-state index contributed by atoms with van der Waals surface area (Å²) in [5.74, 6) is 0.459. The van der Waals surface area contributed by atoms with E-state index >= 15 is 0 Å². The van der Waals surface area contributed by atoms with E-state index in [0.717, 1.165) is 33.4 Å². The molecule has 0 saturated carbocycles. The molecular weight excluding hydrogens is 620 g/mol. The number of methoxy groups -OCH3 is 1. The highest BCUT2D eigenvalue weighted by atomic mass is 32.2. The lowest BCUT2D eigenvalue weighted by atomic mass is 9.99. The number of anilines is 2. The molecule has 3 heterocycles. The monoisotopic (exact) mass is 656 g/mol. The summed E-state index contributed by atoms with van der Waals surface area (Å²) in [7, 11) is 1.28. The van der Waals surface area contributed by atoms with Gasteiger partial charge in [0, 0.05) is 61.8 Å². The van der Waals surface area contributed by atoms with Crippen molar-refractivity contribution in [2.75, 3.05) is 64.6 Å². The van der Waals surface area contributed by atoms with E-state index in [1.807, 2.05) is 43.3 Å². The molecule has 240 valence electrons. The standard InChI is InChI=1S/C30H37FN8O4S2/c1-19(16-38-11-13-39(14-12-38)45(41,42)28-20(2)35-29(44-28)36-30(40)43-5)34-27-24-8-6-7-23(26(24)32-18-33-27)21-9-10-25(31)22(15-21)17-37(3)4/h6-10,15,18-19H,11-14,16-17H2,1-5H3,(H,32,33,34)(H,35,36,40)/t19-/m0/s1. The van der Waals surface area contributed by atoms with Crippen LogP contribution in [0.2, 0.25) is 0 Å². The molecule has 2 aromatic carbocycles. The number of thiazole rings is 1. The molecule has 0 unspecified atom stereocenters. The lowest BCUT2D eigenvalue weighted by molar-refractivity contribution is 0.184. The Bertz CT molecular complexity index is 1790. The van der Waals surface area contributed by atoms with Gasteiger partial charge in [0.05, 0.1) is 18.3 Å².